The van der Waals surface area contributed by atoms with Gasteiger partial charge >= 0.3 is 11.9 Å². The first-order chi connectivity index (χ1) is 15.4. The van der Waals surface area contributed by atoms with E-state index in [-0.39, 0.29) is 25.3 Å². The van der Waals surface area contributed by atoms with Crippen molar-refractivity contribution in [1.82, 2.24) is 16.0 Å². The zero-order valence-electron chi connectivity index (χ0n) is 18.6. The molecule has 4 unspecified atom stereocenters. The standard InChI is InChI=1S/C18H33N7O7S/c1-9(17(31)32)23-15(29)11(5-7-33-2)24-16(30)12(8-13(26)27)25-14(28)10(19)4-3-6-22-18(20)21/h9-12H,3-8,19H2,1-2H3,(H,23,29)(H,24,30)(H,25,28)(H,26,27)(H,31,32)(H4,20,21,22). The number of carboxylic acids is 2. The molecular formula is C18H33N7O7S. The molecule has 0 heterocycles. The Labute approximate surface area is 195 Å². The van der Waals surface area contributed by atoms with Crippen LogP contribution in [0.5, 0.6) is 0 Å². The Morgan fingerprint density at radius 3 is 2.03 bits per heavy atom. The average molecular weight is 492 g/mol. The molecule has 14 nitrogen and oxygen atoms in total. The van der Waals surface area contributed by atoms with E-state index in [0.717, 1.165) is 0 Å². The van der Waals surface area contributed by atoms with Crippen molar-refractivity contribution in [2.45, 2.75) is 56.8 Å². The summed E-state index contributed by atoms with van der Waals surface area (Å²) >= 11 is 1.39. The molecule has 3 amide bonds. The van der Waals surface area contributed by atoms with Crippen LogP contribution in [0.3, 0.4) is 0 Å². The van der Waals surface area contributed by atoms with Crippen LogP contribution in [0, 0.1) is 0 Å². The summed E-state index contributed by atoms with van der Waals surface area (Å²) in [7, 11) is 0. The molecule has 4 atom stereocenters. The molecule has 0 aromatic rings. The maximum Gasteiger partial charge on any atom is 0.325 e. The van der Waals surface area contributed by atoms with Crippen LogP contribution in [0.1, 0.15) is 32.6 Å². The normalized spacial score (nSPS) is 14.2. The Kier molecular flexibility index (Phi) is 14.2. The predicted octanol–water partition coefficient (Wildman–Crippen LogP) is -2.85. The van der Waals surface area contributed by atoms with Crippen LogP contribution in [0.2, 0.25) is 0 Å². The Morgan fingerprint density at radius 2 is 1.52 bits per heavy atom. The van der Waals surface area contributed by atoms with Gasteiger partial charge in [-0.3, -0.25) is 29.0 Å². The molecule has 0 aromatic carbocycles. The number of nitrogens with zero attached hydrogens (tertiary/aromatic N) is 1. The molecule has 0 radical (unpaired) electrons. The van der Waals surface area contributed by atoms with Gasteiger partial charge in [-0.1, -0.05) is 0 Å². The Balaban J connectivity index is 5.22. The number of nitrogens with one attached hydrogen (secondary N) is 3. The third-order valence-corrected chi connectivity index (χ3v) is 4.93. The van der Waals surface area contributed by atoms with E-state index in [2.05, 4.69) is 20.9 Å². The first-order valence-corrected chi connectivity index (χ1v) is 11.4. The molecule has 11 N–H and O–H groups in total. The van der Waals surface area contributed by atoms with Crippen molar-refractivity contribution < 1.29 is 34.2 Å². The summed E-state index contributed by atoms with van der Waals surface area (Å²) in [4.78, 5) is 63.4. The summed E-state index contributed by atoms with van der Waals surface area (Å²) in [6.07, 6.45) is 1.74. The van der Waals surface area contributed by atoms with Crippen LogP contribution in [-0.4, -0.2) is 88.6 Å². The van der Waals surface area contributed by atoms with Crippen molar-refractivity contribution in [1.29, 1.82) is 0 Å². The summed E-state index contributed by atoms with van der Waals surface area (Å²) < 4.78 is 0. The highest BCUT2D eigenvalue weighted by atomic mass is 32.2. The topological polar surface area (TPSA) is 252 Å². The molecule has 33 heavy (non-hydrogen) atoms. The number of carbonyl (C=O) groups excluding carboxylic acids is 3. The van der Waals surface area contributed by atoms with Crippen molar-refractivity contribution in [3.05, 3.63) is 0 Å². The summed E-state index contributed by atoms with van der Waals surface area (Å²) in [5, 5.41) is 25.0. The zero-order chi connectivity index (χ0) is 25.6. The van der Waals surface area contributed by atoms with Crippen LogP contribution in [0.15, 0.2) is 4.99 Å². The fourth-order valence-electron chi connectivity index (χ4n) is 2.47. The minimum absolute atomic E-state index is 0.107. The maximum absolute atomic E-state index is 12.7. The minimum atomic E-state index is -1.50. The Morgan fingerprint density at radius 1 is 0.939 bits per heavy atom. The lowest BCUT2D eigenvalue weighted by Crippen LogP contribution is -2.57. The van der Waals surface area contributed by atoms with E-state index < -0.39 is 60.2 Å². The summed E-state index contributed by atoms with van der Waals surface area (Å²) in [6.45, 7) is 1.50. The second kappa shape index (κ2) is 15.7. The fourth-order valence-corrected chi connectivity index (χ4v) is 2.94. The molecule has 0 aromatic heterocycles. The third-order valence-electron chi connectivity index (χ3n) is 4.29. The van der Waals surface area contributed by atoms with Gasteiger partial charge in [0, 0.05) is 6.54 Å². The number of guanidine groups is 1. The number of nitrogens with two attached hydrogens (primary N) is 3. The number of aliphatic imine (C=N–C) groups is 1. The van der Waals surface area contributed by atoms with Crippen molar-refractivity contribution in [3.63, 3.8) is 0 Å². The predicted molar refractivity (Wildman–Crippen MR) is 122 cm³/mol. The maximum atomic E-state index is 12.7. The van der Waals surface area contributed by atoms with E-state index in [1.54, 1.807) is 6.26 Å². The molecule has 0 aliphatic rings. The summed E-state index contributed by atoms with van der Waals surface area (Å²) in [5.74, 6) is -4.69. The van der Waals surface area contributed by atoms with Gasteiger partial charge in [-0.15, -0.1) is 0 Å². The lowest BCUT2D eigenvalue weighted by atomic mass is 10.1. The molecule has 0 rings (SSSR count). The SMILES string of the molecule is CSCCC(NC(=O)C(CC(=O)O)NC(=O)C(N)CCCN=C(N)N)C(=O)NC(C)C(=O)O. The largest absolute Gasteiger partial charge is 0.481 e. The highest BCUT2D eigenvalue weighted by Crippen LogP contribution is 2.05. The van der Waals surface area contributed by atoms with E-state index >= 15 is 0 Å². The lowest BCUT2D eigenvalue weighted by Gasteiger charge is -2.24. The number of rotatable bonds is 16. The van der Waals surface area contributed by atoms with E-state index in [1.807, 2.05) is 0 Å². The fraction of sp³-hybridized carbons (Fsp3) is 0.667. The van der Waals surface area contributed by atoms with Crippen molar-refractivity contribution in [2.75, 3.05) is 18.6 Å². The van der Waals surface area contributed by atoms with Gasteiger partial charge in [0.25, 0.3) is 0 Å². The van der Waals surface area contributed by atoms with Crippen molar-refractivity contribution >= 4 is 47.4 Å². The van der Waals surface area contributed by atoms with E-state index in [0.29, 0.717) is 12.2 Å². The number of hydrogen-bond donors (Lipinski definition) is 8. The third kappa shape index (κ3) is 13.2. The van der Waals surface area contributed by atoms with Gasteiger partial charge in [-0.25, -0.2) is 0 Å². The van der Waals surface area contributed by atoms with Crippen LogP contribution in [0.25, 0.3) is 0 Å². The highest BCUT2D eigenvalue weighted by molar-refractivity contribution is 7.98. The number of carbonyl (C=O) groups is 5. The molecule has 0 spiro atoms. The van der Waals surface area contributed by atoms with Gasteiger partial charge in [0.2, 0.25) is 17.7 Å². The van der Waals surface area contributed by atoms with E-state index in [9.17, 15) is 24.0 Å². The molecule has 0 fully saturated rings. The Hall–Kier alpha value is -3.07. The Bertz CT molecular complexity index is 731. The first-order valence-electron chi connectivity index (χ1n) is 10.0. The van der Waals surface area contributed by atoms with Gasteiger partial charge in [0.05, 0.1) is 12.5 Å². The van der Waals surface area contributed by atoms with Gasteiger partial charge < -0.3 is 43.4 Å². The molecule has 0 saturated heterocycles. The average Bonchev–Trinajstić information content (AvgIpc) is 2.72. The quantitative estimate of drug-likeness (QED) is 0.0619. The molecule has 0 saturated carbocycles. The summed E-state index contributed by atoms with van der Waals surface area (Å²) in [5.41, 5.74) is 16.2. The molecular weight excluding hydrogens is 458 g/mol. The molecule has 0 aliphatic heterocycles. The number of thioether (sulfide) groups is 1. The van der Waals surface area contributed by atoms with Crippen molar-refractivity contribution in [3.8, 4) is 0 Å². The number of aliphatic carboxylic acids is 2. The first kappa shape index (κ1) is 29.9. The second-order valence-electron chi connectivity index (χ2n) is 7.13. The van der Waals surface area contributed by atoms with Crippen LogP contribution in [0.4, 0.5) is 0 Å². The van der Waals surface area contributed by atoms with E-state index in [4.69, 9.17) is 27.4 Å². The molecule has 0 bridgehead atoms. The smallest absolute Gasteiger partial charge is 0.325 e. The minimum Gasteiger partial charge on any atom is -0.481 e. The second-order valence-corrected chi connectivity index (χ2v) is 8.11. The van der Waals surface area contributed by atoms with Gasteiger partial charge in [-0.2, -0.15) is 11.8 Å². The van der Waals surface area contributed by atoms with E-state index in [1.165, 1.54) is 18.7 Å². The number of amides is 3. The highest BCUT2D eigenvalue weighted by Gasteiger charge is 2.30. The number of carboxylic acid groups (broad SMARTS) is 2. The lowest BCUT2D eigenvalue weighted by molar-refractivity contribution is -0.143. The van der Waals surface area contributed by atoms with Gasteiger partial charge in [-0.05, 0) is 38.2 Å². The molecule has 0 aliphatic carbocycles. The van der Waals surface area contributed by atoms with Crippen LogP contribution >= 0.6 is 11.8 Å². The zero-order valence-corrected chi connectivity index (χ0v) is 19.4. The van der Waals surface area contributed by atoms with Gasteiger partial charge in [0.15, 0.2) is 5.96 Å². The monoisotopic (exact) mass is 491 g/mol. The van der Waals surface area contributed by atoms with Crippen molar-refractivity contribution in [2.24, 2.45) is 22.2 Å². The molecule has 188 valence electrons. The van der Waals surface area contributed by atoms with Crippen LogP contribution in [-0.2, 0) is 24.0 Å². The number of hydrogen-bond acceptors (Lipinski definition) is 8. The van der Waals surface area contributed by atoms with Crippen LogP contribution < -0.4 is 33.2 Å². The summed E-state index contributed by atoms with van der Waals surface area (Å²) in [6, 6.07) is -4.87. The van der Waals surface area contributed by atoms with Gasteiger partial charge in [0.1, 0.15) is 18.1 Å². The molecule has 15 heteroatoms.